The third-order valence-corrected chi connectivity index (χ3v) is 4.21. The average Bonchev–Trinajstić information content (AvgIpc) is 2.67. The van der Waals surface area contributed by atoms with Gasteiger partial charge in [0.15, 0.2) is 0 Å². The minimum absolute atomic E-state index is 0.0794. The lowest BCUT2D eigenvalue weighted by Gasteiger charge is -2.35. The number of piperazine rings is 1. The molecule has 1 aliphatic heterocycles. The molecule has 0 bridgehead atoms. The van der Waals surface area contributed by atoms with Crippen molar-refractivity contribution in [3.63, 3.8) is 0 Å². The highest BCUT2D eigenvalue weighted by atomic mass is 16.5. The highest BCUT2D eigenvalue weighted by Crippen LogP contribution is 2.16. The van der Waals surface area contributed by atoms with E-state index in [1.165, 1.54) is 7.11 Å². The highest BCUT2D eigenvalue weighted by molar-refractivity contribution is 5.98. The number of methoxy groups -OCH3 is 1. The Hall–Kier alpha value is -2.96. The van der Waals surface area contributed by atoms with Gasteiger partial charge in [0.1, 0.15) is 12.1 Å². The Morgan fingerprint density at radius 3 is 2.44 bits per heavy atom. The number of carbonyl (C=O) groups is 2. The zero-order chi connectivity index (χ0) is 17.8. The monoisotopic (exact) mass is 340 g/mol. The van der Waals surface area contributed by atoms with E-state index in [2.05, 4.69) is 14.9 Å². The third kappa shape index (κ3) is 3.76. The molecule has 0 aliphatic carbocycles. The van der Waals surface area contributed by atoms with Gasteiger partial charge in [0.25, 0.3) is 5.91 Å². The molecule has 1 amide bonds. The minimum Gasteiger partial charge on any atom is -0.465 e. The number of anilines is 1. The number of amides is 1. The molecule has 7 heteroatoms. The smallest absolute Gasteiger partial charge is 0.337 e. The van der Waals surface area contributed by atoms with E-state index in [-0.39, 0.29) is 5.91 Å². The number of carbonyl (C=O) groups excluding carboxylic acids is 2. The largest absolute Gasteiger partial charge is 0.465 e. The van der Waals surface area contributed by atoms with E-state index >= 15 is 0 Å². The molecule has 0 saturated carbocycles. The van der Waals surface area contributed by atoms with E-state index in [1.54, 1.807) is 35.5 Å². The van der Waals surface area contributed by atoms with E-state index < -0.39 is 5.97 Å². The summed E-state index contributed by atoms with van der Waals surface area (Å²) in [6.45, 7) is 4.55. The second-order valence-corrected chi connectivity index (χ2v) is 5.87. The third-order valence-electron chi connectivity index (χ3n) is 4.21. The van der Waals surface area contributed by atoms with Gasteiger partial charge in [-0.1, -0.05) is 6.07 Å². The number of nitrogens with zero attached hydrogens (tertiary/aromatic N) is 4. The van der Waals surface area contributed by atoms with Crippen molar-refractivity contribution in [2.75, 3.05) is 38.2 Å². The van der Waals surface area contributed by atoms with Gasteiger partial charge < -0.3 is 14.5 Å². The Labute approximate surface area is 146 Å². The lowest BCUT2D eigenvalue weighted by Crippen LogP contribution is -2.49. The zero-order valence-electron chi connectivity index (χ0n) is 14.3. The predicted octanol–water partition coefficient (Wildman–Crippen LogP) is 1.53. The van der Waals surface area contributed by atoms with E-state index in [0.717, 1.165) is 11.5 Å². The molecule has 130 valence electrons. The second kappa shape index (κ2) is 7.29. The summed E-state index contributed by atoms with van der Waals surface area (Å²) < 4.78 is 4.71. The van der Waals surface area contributed by atoms with Crippen LogP contribution in [0.3, 0.4) is 0 Å². The normalized spacial score (nSPS) is 14.3. The molecule has 7 nitrogen and oxygen atoms in total. The van der Waals surface area contributed by atoms with Crippen LogP contribution >= 0.6 is 0 Å². The number of esters is 1. The van der Waals surface area contributed by atoms with Crippen LogP contribution in [-0.2, 0) is 4.74 Å². The van der Waals surface area contributed by atoms with Gasteiger partial charge in [-0.05, 0) is 25.1 Å². The maximum atomic E-state index is 12.7. The molecule has 2 aromatic rings. The highest BCUT2D eigenvalue weighted by Gasteiger charge is 2.23. The summed E-state index contributed by atoms with van der Waals surface area (Å²) in [5.41, 5.74) is 1.79. The van der Waals surface area contributed by atoms with Crippen LogP contribution in [0.25, 0.3) is 0 Å². The number of hydrogen-bond donors (Lipinski definition) is 0. The first kappa shape index (κ1) is 16.9. The maximum Gasteiger partial charge on any atom is 0.337 e. The molecule has 25 heavy (non-hydrogen) atoms. The Kier molecular flexibility index (Phi) is 4.92. The Morgan fingerprint density at radius 1 is 1.04 bits per heavy atom. The SMILES string of the molecule is COC(=O)c1cccc(C(=O)N2CCN(c3cc(C)ncn3)CC2)c1. The fourth-order valence-corrected chi connectivity index (χ4v) is 2.83. The van der Waals surface area contributed by atoms with Crippen molar-refractivity contribution in [2.45, 2.75) is 6.92 Å². The van der Waals surface area contributed by atoms with Gasteiger partial charge in [0.2, 0.25) is 0 Å². The van der Waals surface area contributed by atoms with Crippen molar-refractivity contribution in [3.8, 4) is 0 Å². The lowest BCUT2D eigenvalue weighted by atomic mass is 10.1. The second-order valence-electron chi connectivity index (χ2n) is 5.87. The molecule has 1 saturated heterocycles. The van der Waals surface area contributed by atoms with Crippen molar-refractivity contribution in [3.05, 3.63) is 53.5 Å². The van der Waals surface area contributed by atoms with Crippen LogP contribution in [0.15, 0.2) is 36.7 Å². The van der Waals surface area contributed by atoms with E-state index in [0.29, 0.717) is 37.3 Å². The molecule has 0 radical (unpaired) electrons. The van der Waals surface area contributed by atoms with E-state index in [4.69, 9.17) is 4.74 Å². The van der Waals surface area contributed by atoms with Crippen LogP contribution in [0, 0.1) is 6.92 Å². The molecule has 1 aliphatic rings. The van der Waals surface area contributed by atoms with Crippen LogP contribution in [0.4, 0.5) is 5.82 Å². The molecule has 0 spiro atoms. The number of aryl methyl sites for hydroxylation is 1. The molecule has 0 unspecified atom stereocenters. The topological polar surface area (TPSA) is 75.6 Å². The molecule has 1 aromatic heterocycles. The summed E-state index contributed by atoms with van der Waals surface area (Å²) >= 11 is 0. The van der Waals surface area contributed by atoms with Crippen molar-refractivity contribution in [2.24, 2.45) is 0 Å². The first-order valence-electron chi connectivity index (χ1n) is 8.10. The van der Waals surface area contributed by atoms with Crippen LogP contribution in [0.2, 0.25) is 0 Å². The van der Waals surface area contributed by atoms with Gasteiger partial charge in [-0.15, -0.1) is 0 Å². The average molecular weight is 340 g/mol. The molecule has 1 fully saturated rings. The molecular formula is C18H20N4O3. The quantitative estimate of drug-likeness (QED) is 0.789. The van der Waals surface area contributed by atoms with Crippen molar-refractivity contribution < 1.29 is 14.3 Å². The summed E-state index contributed by atoms with van der Waals surface area (Å²) in [5, 5.41) is 0. The Bertz CT molecular complexity index is 785. The van der Waals surface area contributed by atoms with E-state index in [9.17, 15) is 9.59 Å². The van der Waals surface area contributed by atoms with Crippen LogP contribution in [0.1, 0.15) is 26.4 Å². The van der Waals surface area contributed by atoms with Crippen LogP contribution < -0.4 is 4.90 Å². The summed E-state index contributed by atoms with van der Waals surface area (Å²) in [6, 6.07) is 8.57. The lowest BCUT2D eigenvalue weighted by molar-refractivity contribution is 0.0600. The van der Waals surface area contributed by atoms with Gasteiger partial charge in [-0.2, -0.15) is 0 Å². The number of benzene rings is 1. The van der Waals surface area contributed by atoms with Crippen molar-refractivity contribution >= 4 is 17.7 Å². The standard InChI is InChI=1S/C18H20N4O3/c1-13-10-16(20-12-19-13)21-6-8-22(9-7-21)17(23)14-4-3-5-15(11-14)18(24)25-2/h3-5,10-12H,6-9H2,1-2H3. The first-order chi connectivity index (χ1) is 12.1. The van der Waals surface area contributed by atoms with Gasteiger partial charge >= 0.3 is 5.97 Å². The van der Waals surface area contributed by atoms with Crippen molar-refractivity contribution in [1.29, 1.82) is 0 Å². The fraction of sp³-hybridized carbons (Fsp3) is 0.333. The molecular weight excluding hydrogens is 320 g/mol. The van der Waals surface area contributed by atoms with Crippen LogP contribution in [0.5, 0.6) is 0 Å². The summed E-state index contributed by atoms with van der Waals surface area (Å²) in [4.78, 5) is 36.6. The van der Waals surface area contributed by atoms with Gasteiger partial charge in [0.05, 0.1) is 12.7 Å². The summed E-state index contributed by atoms with van der Waals surface area (Å²) in [6.07, 6.45) is 1.56. The predicted molar refractivity (Wildman–Crippen MR) is 92.7 cm³/mol. The van der Waals surface area contributed by atoms with E-state index in [1.807, 2.05) is 13.0 Å². The van der Waals surface area contributed by atoms with Crippen LogP contribution in [-0.4, -0.2) is 60.0 Å². The number of hydrogen-bond acceptors (Lipinski definition) is 6. The Balaban J connectivity index is 1.66. The number of ether oxygens (including phenoxy) is 1. The Morgan fingerprint density at radius 2 is 1.76 bits per heavy atom. The molecule has 0 N–H and O–H groups in total. The van der Waals surface area contributed by atoms with Crippen molar-refractivity contribution in [1.82, 2.24) is 14.9 Å². The zero-order valence-corrected chi connectivity index (χ0v) is 14.3. The number of aromatic nitrogens is 2. The molecule has 2 heterocycles. The molecule has 3 rings (SSSR count). The van der Waals surface area contributed by atoms with Gasteiger partial charge in [0, 0.05) is 43.5 Å². The fourth-order valence-electron chi connectivity index (χ4n) is 2.83. The van der Waals surface area contributed by atoms with Gasteiger partial charge in [-0.25, -0.2) is 14.8 Å². The molecule has 0 atom stereocenters. The number of rotatable bonds is 3. The summed E-state index contributed by atoms with van der Waals surface area (Å²) in [5.74, 6) is 0.357. The summed E-state index contributed by atoms with van der Waals surface area (Å²) in [7, 11) is 1.32. The first-order valence-corrected chi connectivity index (χ1v) is 8.10. The minimum atomic E-state index is -0.446. The van der Waals surface area contributed by atoms with Gasteiger partial charge in [-0.3, -0.25) is 4.79 Å². The molecule has 1 aromatic carbocycles. The maximum absolute atomic E-state index is 12.7.